The second-order valence-electron chi connectivity index (χ2n) is 18.3. The van der Waals surface area contributed by atoms with Gasteiger partial charge in [-0.25, -0.2) is 29.2 Å². The van der Waals surface area contributed by atoms with Crippen LogP contribution in [-0.4, -0.2) is 70.7 Å². The molecule has 0 aliphatic heterocycles. The molecule has 0 bridgehead atoms. The molecule has 0 fully saturated rings. The SMILES string of the molecule is CCCCCCC(C(=O)OC(CCCCCC)C(=O)OC(CCCCCC)C(=O)OC(CCCCCC)C(=O)OC(CCCCCC)C(=O)OCc1ccccc1)=C(OO)C(O)CCCCCC. The number of aliphatic hydroxyl groups is 1. The zero-order valence-electron chi connectivity index (χ0n) is 43.1. The lowest BCUT2D eigenvalue weighted by Crippen LogP contribution is -2.41. The monoisotopic (exact) mass is 961 g/mol. The summed E-state index contributed by atoms with van der Waals surface area (Å²) in [5, 5.41) is 21.1. The summed E-state index contributed by atoms with van der Waals surface area (Å²) >= 11 is 0. The van der Waals surface area contributed by atoms with Gasteiger partial charge in [-0.1, -0.05) is 194 Å². The van der Waals surface area contributed by atoms with Gasteiger partial charge < -0.3 is 33.7 Å². The molecule has 0 aliphatic carbocycles. The van der Waals surface area contributed by atoms with Crippen molar-refractivity contribution in [3.8, 4) is 0 Å². The molecule has 0 radical (unpaired) electrons. The standard InChI is InChI=1S/C55H92O13/c1-7-13-19-28-36-44(50(68-62)45(56)37-29-20-14-8-2)51(57)64-47(39-31-22-16-10-4)53(59)66-49(41-33-24-18-12-6)55(61)67-48(40-32-23-17-11-5)54(60)65-46(38-30-21-15-9-3)52(58)63-42-43-34-26-25-27-35-43/h25-27,34-35,45-49,56,62H,7-24,28-33,36-42H2,1-6H3. The molecule has 1 aromatic rings. The molecule has 0 amide bonds. The van der Waals surface area contributed by atoms with Crippen LogP contribution in [0.2, 0.25) is 0 Å². The van der Waals surface area contributed by atoms with Crippen molar-refractivity contribution in [1.82, 2.24) is 0 Å². The van der Waals surface area contributed by atoms with Gasteiger partial charge in [-0.3, -0.25) is 0 Å². The number of rotatable bonds is 43. The van der Waals surface area contributed by atoms with E-state index in [-0.39, 0.29) is 56.5 Å². The highest BCUT2D eigenvalue weighted by molar-refractivity contribution is 5.92. The van der Waals surface area contributed by atoms with Gasteiger partial charge in [0.2, 0.25) is 0 Å². The fourth-order valence-electron chi connectivity index (χ4n) is 7.86. The number of carbonyl (C=O) groups excluding carboxylic acids is 5. The molecule has 68 heavy (non-hydrogen) atoms. The van der Waals surface area contributed by atoms with Crippen molar-refractivity contribution in [2.45, 2.75) is 271 Å². The van der Waals surface area contributed by atoms with Crippen molar-refractivity contribution in [3.05, 3.63) is 47.2 Å². The lowest BCUT2D eigenvalue weighted by atomic mass is 10.00. The van der Waals surface area contributed by atoms with E-state index < -0.39 is 60.4 Å². The maximum Gasteiger partial charge on any atom is 0.348 e. The number of ether oxygens (including phenoxy) is 5. The Labute approximate surface area is 410 Å². The summed E-state index contributed by atoms with van der Waals surface area (Å²) in [7, 11) is 0. The smallest absolute Gasteiger partial charge is 0.348 e. The Hall–Kier alpha value is -3.97. The summed E-state index contributed by atoms with van der Waals surface area (Å²) in [5.41, 5.74) is 0.734. The molecule has 1 rings (SSSR count). The topological polar surface area (TPSA) is 181 Å². The first-order chi connectivity index (χ1) is 33.0. The molecule has 2 N–H and O–H groups in total. The fourth-order valence-corrected chi connectivity index (χ4v) is 7.86. The largest absolute Gasteiger partial charge is 0.458 e. The Morgan fingerprint density at radius 1 is 0.441 bits per heavy atom. The third kappa shape index (κ3) is 27.9. The molecule has 5 unspecified atom stereocenters. The highest BCUT2D eigenvalue weighted by Gasteiger charge is 2.37. The van der Waals surface area contributed by atoms with Crippen molar-refractivity contribution in [2.75, 3.05) is 0 Å². The van der Waals surface area contributed by atoms with Gasteiger partial charge >= 0.3 is 29.8 Å². The van der Waals surface area contributed by atoms with Gasteiger partial charge in [0.15, 0.2) is 30.2 Å². The summed E-state index contributed by atoms with van der Waals surface area (Å²) in [6.07, 6.45) is 13.6. The van der Waals surface area contributed by atoms with E-state index in [2.05, 4.69) is 41.5 Å². The van der Waals surface area contributed by atoms with Gasteiger partial charge in [0.1, 0.15) is 12.7 Å². The maximum atomic E-state index is 14.2. The zero-order chi connectivity index (χ0) is 50.2. The molecule has 390 valence electrons. The quantitative estimate of drug-likeness (QED) is 0.0120. The second kappa shape index (κ2) is 40.9. The highest BCUT2D eigenvalue weighted by Crippen LogP contribution is 2.25. The second-order valence-corrected chi connectivity index (χ2v) is 18.3. The molecule has 0 aliphatic rings. The Morgan fingerprint density at radius 2 is 0.794 bits per heavy atom. The lowest BCUT2D eigenvalue weighted by Gasteiger charge is -2.25. The predicted molar refractivity (Wildman–Crippen MR) is 265 cm³/mol. The summed E-state index contributed by atoms with van der Waals surface area (Å²) in [6.45, 7) is 12.4. The lowest BCUT2D eigenvalue weighted by molar-refractivity contribution is -0.218. The minimum Gasteiger partial charge on any atom is -0.458 e. The van der Waals surface area contributed by atoms with Crippen LogP contribution in [0, 0.1) is 0 Å². The van der Waals surface area contributed by atoms with Crippen LogP contribution in [0.5, 0.6) is 0 Å². The average Bonchev–Trinajstić information content (AvgIpc) is 3.34. The van der Waals surface area contributed by atoms with E-state index in [0.717, 1.165) is 121 Å². The Bertz CT molecular complexity index is 1510. The number of unbranched alkanes of at least 4 members (excludes halogenated alkanes) is 18. The number of hydrogen-bond donors (Lipinski definition) is 2. The molecule has 0 heterocycles. The van der Waals surface area contributed by atoms with E-state index >= 15 is 0 Å². The normalized spacial score (nSPS) is 13.9. The first-order valence-electron chi connectivity index (χ1n) is 26.8. The van der Waals surface area contributed by atoms with Crippen molar-refractivity contribution < 1.29 is 62.9 Å². The van der Waals surface area contributed by atoms with Crippen molar-refractivity contribution >= 4 is 29.8 Å². The summed E-state index contributed by atoms with van der Waals surface area (Å²) in [4.78, 5) is 74.8. The molecular formula is C55H92O13. The fraction of sp³-hybridized carbons (Fsp3) is 0.764. The summed E-state index contributed by atoms with van der Waals surface area (Å²) < 4.78 is 29.3. The molecule has 13 heteroatoms. The molecular weight excluding hydrogens is 869 g/mol. The first kappa shape index (κ1) is 62.0. The Balaban J connectivity index is 3.53. The van der Waals surface area contributed by atoms with Gasteiger partial charge in [0.25, 0.3) is 0 Å². The van der Waals surface area contributed by atoms with Crippen LogP contribution >= 0.6 is 0 Å². The van der Waals surface area contributed by atoms with Crippen LogP contribution in [0.3, 0.4) is 0 Å². The van der Waals surface area contributed by atoms with E-state index in [1.165, 1.54) is 0 Å². The summed E-state index contributed by atoms with van der Waals surface area (Å²) in [5.74, 6) is -4.65. The molecule has 5 atom stereocenters. The minimum absolute atomic E-state index is 0.00607. The highest BCUT2D eigenvalue weighted by atomic mass is 17.1. The van der Waals surface area contributed by atoms with Crippen LogP contribution < -0.4 is 0 Å². The van der Waals surface area contributed by atoms with Crippen LogP contribution in [-0.2, 0) is 59.2 Å². The van der Waals surface area contributed by atoms with Gasteiger partial charge in [0.05, 0.1) is 5.57 Å². The average molecular weight is 961 g/mol. The number of benzene rings is 1. The van der Waals surface area contributed by atoms with E-state index in [9.17, 15) is 34.3 Å². The number of esters is 5. The van der Waals surface area contributed by atoms with E-state index in [4.69, 9.17) is 28.6 Å². The van der Waals surface area contributed by atoms with E-state index in [1.807, 2.05) is 30.3 Å². The molecule has 0 aromatic heterocycles. The van der Waals surface area contributed by atoms with Crippen LogP contribution in [0.4, 0.5) is 0 Å². The molecule has 13 nitrogen and oxygen atoms in total. The van der Waals surface area contributed by atoms with E-state index in [0.29, 0.717) is 38.5 Å². The molecule has 0 saturated carbocycles. The number of aliphatic hydroxyl groups excluding tert-OH is 1. The van der Waals surface area contributed by atoms with Crippen molar-refractivity contribution in [1.29, 1.82) is 0 Å². The number of carbonyl (C=O) groups is 5. The van der Waals surface area contributed by atoms with E-state index in [1.54, 1.807) is 0 Å². The van der Waals surface area contributed by atoms with Crippen molar-refractivity contribution in [3.63, 3.8) is 0 Å². The first-order valence-corrected chi connectivity index (χ1v) is 26.8. The zero-order valence-corrected chi connectivity index (χ0v) is 43.1. The minimum atomic E-state index is -1.44. The third-order valence-corrected chi connectivity index (χ3v) is 12.1. The van der Waals surface area contributed by atoms with Gasteiger partial charge in [-0.15, -0.1) is 0 Å². The molecule has 0 saturated heterocycles. The molecule has 0 spiro atoms. The van der Waals surface area contributed by atoms with Crippen molar-refractivity contribution in [2.24, 2.45) is 0 Å². The van der Waals surface area contributed by atoms with Gasteiger partial charge in [0, 0.05) is 0 Å². The third-order valence-electron chi connectivity index (χ3n) is 12.1. The van der Waals surface area contributed by atoms with Crippen LogP contribution in [0.25, 0.3) is 0 Å². The summed E-state index contributed by atoms with van der Waals surface area (Å²) in [6, 6.07) is 9.21. The number of hydrogen-bond acceptors (Lipinski definition) is 13. The maximum absolute atomic E-state index is 14.2. The molecule has 1 aromatic carbocycles. The predicted octanol–water partition coefficient (Wildman–Crippen LogP) is 13.3. The van der Waals surface area contributed by atoms with Crippen LogP contribution in [0.1, 0.15) is 240 Å². The van der Waals surface area contributed by atoms with Crippen LogP contribution in [0.15, 0.2) is 41.7 Å². The Morgan fingerprint density at radius 3 is 1.18 bits per heavy atom. The Kier molecular flexibility index (Phi) is 37.3. The van der Waals surface area contributed by atoms with Gasteiger partial charge in [-0.2, -0.15) is 0 Å². The van der Waals surface area contributed by atoms with Gasteiger partial charge in [-0.05, 0) is 76.2 Å².